The van der Waals surface area contributed by atoms with Crippen molar-refractivity contribution in [2.24, 2.45) is 0 Å². The van der Waals surface area contributed by atoms with E-state index in [1.165, 1.54) is 17.2 Å². The number of benzene rings is 3. The van der Waals surface area contributed by atoms with Crippen LogP contribution in [0, 0.1) is 25.2 Å². The standard InChI is InChI=1S/C28H25ClN2O4/c1-4-34-28(33)21-7-10-25(11-8-21)31-27(32)23(16-30)14-22-15-24(29)9-12-26(22)35-17-20-6-5-18(2)19(3)13-20/h5-15H,4,17H2,1-3H3,(H,31,32)/b23-14+. The van der Waals surface area contributed by atoms with Crippen LogP contribution in [0.3, 0.4) is 0 Å². The Labute approximate surface area is 209 Å². The molecule has 1 N–H and O–H groups in total. The van der Waals surface area contributed by atoms with E-state index in [9.17, 15) is 14.9 Å². The van der Waals surface area contributed by atoms with Crippen LogP contribution in [-0.2, 0) is 16.1 Å². The molecule has 178 valence electrons. The smallest absolute Gasteiger partial charge is 0.338 e. The number of esters is 1. The Morgan fingerprint density at radius 2 is 1.77 bits per heavy atom. The van der Waals surface area contributed by atoms with Crippen molar-refractivity contribution in [3.8, 4) is 11.8 Å². The zero-order chi connectivity index (χ0) is 25.4. The highest BCUT2D eigenvalue weighted by molar-refractivity contribution is 6.30. The number of nitrogens with zero attached hydrogens (tertiary/aromatic N) is 1. The lowest BCUT2D eigenvalue weighted by atomic mass is 10.1. The second-order valence-corrected chi connectivity index (χ2v) is 8.25. The molecular formula is C28H25ClN2O4. The molecule has 0 spiro atoms. The predicted molar refractivity (Wildman–Crippen MR) is 136 cm³/mol. The SMILES string of the molecule is CCOC(=O)c1ccc(NC(=O)/C(C#N)=C/c2cc(Cl)ccc2OCc2ccc(C)c(C)c2)cc1. The topological polar surface area (TPSA) is 88.4 Å². The van der Waals surface area contributed by atoms with Gasteiger partial charge in [0.2, 0.25) is 0 Å². The van der Waals surface area contributed by atoms with Crippen molar-refractivity contribution in [2.75, 3.05) is 11.9 Å². The number of rotatable bonds is 8. The molecule has 0 saturated carbocycles. The molecule has 35 heavy (non-hydrogen) atoms. The quantitative estimate of drug-likeness (QED) is 0.230. The number of amides is 1. The van der Waals surface area contributed by atoms with E-state index < -0.39 is 11.9 Å². The summed E-state index contributed by atoms with van der Waals surface area (Å²) in [7, 11) is 0. The maximum Gasteiger partial charge on any atom is 0.338 e. The van der Waals surface area contributed by atoms with Gasteiger partial charge in [-0.1, -0.05) is 29.8 Å². The number of nitrogens with one attached hydrogen (secondary N) is 1. The molecule has 3 aromatic rings. The highest BCUT2D eigenvalue weighted by Crippen LogP contribution is 2.27. The molecule has 0 aliphatic carbocycles. The largest absolute Gasteiger partial charge is 0.488 e. The molecule has 0 aliphatic heterocycles. The molecule has 0 aliphatic rings. The van der Waals surface area contributed by atoms with E-state index in [2.05, 4.69) is 11.4 Å². The molecule has 7 heteroatoms. The van der Waals surface area contributed by atoms with Gasteiger partial charge in [0.05, 0.1) is 12.2 Å². The first-order chi connectivity index (χ1) is 16.8. The van der Waals surface area contributed by atoms with Gasteiger partial charge in [0.1, 0.15) is 24.0 Å². The lowest BCUT2D eigenvalue weighted by Gasteiger charge is -2.12. The number of halogens is 1. The molecule has 0 fully saturated rings. The minimum atomic E-state index is -0.600. The monoisotopic (exact) mass is 488 g/mol. The fourth-order valence-electron chi connectivity index (χ4n) is 3.22. The van der Waals surface area contributed by atoms with Crippen molar-refractivity contribution in [2.45, 2.75) is 27.4 Å². The fraction of sp³-hybridized carbons (Fsp3) is 0.179. The van der Waals surface area contributed by atoms with Gasteiger partial charge in [0.25, 0.3) is 5.91 Å². The lowest BCUT2D eigenvalue weighted by molar-refractivity contribution is -0.112. The molecule has 0 saturated heterocycles. The zero-order valence-electron chi connectivity index (χ0n) is 19.7. The van der Waals surface area contributed by atoms with Gasteiger partial charge in [-0.25, -0.2) is 4.79 Å². The van der Waals surface area contributed by atoms with E-state index in [4.69, 9.17) is 21.1 Å². The second-order valence-electron chi connectivity index (χ2n) is 7.81. The van der Waals surface area contributed by atoms with Crippen LogP contribution in [-0.4, -0.2) is 18.5 Å². The summed E-state index contributed by atoms with van der Waals surface area (Å²) in [6, 6.07) is 19.3. The minimum absolute atomic E-state index is 0.127. The number of carbonyl (C=O) groups excluding carboxylic acids is 2. The Kier molecular flexibility index (Phi) is 8.66. The summed E-state index contributed by atoms with van der Waals surface area (Å²) in [4.78, 5) is 24.5. The maximum atomic E-state index is 12.7. The molecule has 0 unspecified atom stereocenters. The first-order valence-electron chi connectivity index (χ1n) is 11.0. The number of aryl methyl sites for hydroxylation is 2. The van der Waals surface area contributed by atoms with Crippen LogP contribution < -0.4 is 10.1 Å². The third-order valence-electron chi connectivity index (χ3n) is 5.26. The zero-order valence-corrected chi connectivity index (χ0v) is 20.5. The summed E-state index contributed by atoms with van der Waals surface area (Å²) in [5.74, 6) is -0.555. The highest BCUT2D eigenvalue weighted by Gasteiger charge is 2.13. The van der Waals surface area contributed by atoms with E-state index in [1.807, 2.05) is 32.0 Å². The summed E-state index contributed by atoms with van der Waals surface area (Å²) < 4.78 is 10.9. The summed E-state index contributed by atoms with van der Waals surface area (Å²) >= 11 is 6.16. The van der Waals surface area contributed by atoms with Crippen LogP contribution in [0.1, 0.15) is 39.5 Å². The average molecular weight is 489 g/mol. The molecular weight excluding hydrogens is 464 g/mol. The molecule has 0 aromatic heterocycles. The van der Waals surface area contributed by atoms with E-state index >= 15 is 0 Å². The van der Waals surface area contributed by atoms with Gasteiger partial charge in [0.15, 0.2) is 0 Å². The summed E-state index contributed by atoms with van der Waals surface area (Å²) in [5.41, 5.74) is 4.54. The van der Waals surface area contributed by atoms with Crippen LogP contribution in [0.2, 0.25) is 5.02 Å². The predicted octanol–water partition coefficient (Wildman–Crippen LogP) is 6.26. The van der Waals surface area contributed by atoms with Crippen LogP contribution in [0.15, 0.2) is 66.2 Å². The van der Waals surface area contributed by atoms with Gasteiger partial charge in [-0.05, 0) is 86.0 Å². The molecule has 0 heterocycles. The van der Waals surface area contributed by atoms with Crippen molar-refractivity contribution in [1.29, 1.82) is 5.26 Å². The van der Waals surface area contributed by atoms with E-state index in [1.54, 1.807) is 49.4 Å². The number of nitriles is 1. The second kappa shape index (κ2) is 11.9. The van der Waals surface area contributed by atoms with E-state index in [-0.39, 0.29) is 12.2 Å². The van der Waals surface area contributed by atoms with Crippen molar-refractivity contribution >= 4 is 35.2 Å². The molecule has 6 nitrogen and oxygen atoms in total. The van der Waals surface area contributed by atoms with E-state index in [0.717, 1.165) is 5.56 Å². The van der Waals surface area contributed by atoms with Gasteiger partial charge in [-0.3, -0.25) is 4.79 Å². The Hall–Kier alpha value is -4.08. The fourth-order valence-corrected chi connectivity index (χ4v) is 3.41. The first kappa shape index (κ1) is 25.5. The third-order valence-corrected chi connectivity index (χ3v) is 5.49. The first-order valence-corrected chi connectivity index (χ1v) is 11.4. The van der Waals surface area contributed by atoms with Gasteiger partial charge in [-0.2, -0.15) is 5.26 Å². The van der Waals surface area contributed by atoms with Gasteiger partial charge < -0.3 is 14.8 Å². The van der Waals surface area contributed by atoms with Gasteiger partial charge in [-0.15, -0.1) is 0 Å². The summed E-state index contributed by atoms with van der Waals surface area (Å²) in [6.45, 7) is 6.41. The molecule has 0 atom stereocenters. The van der Waals surface area contributed by atoms with Crippen LogP contribution in [0.5, 0.6) is 5.75 Å². The lowest BCUT2D eigenvalue weighted by Crippen LogP contribution is -2.14. The molecule has 3 rings (SSSR count). The summed E-state index contributed by atoms with van der Waals surface area (Å²) in [6.07, 6.45) is 1.43. The van der Waals surface area contributed by atoms with E-state index in [0.29, 0.717) is 34.2 Å². The van der Waals surface area contributed by atoms with Crippen LogP contribution >= 0.6 is 11.6 Å². The number of carbonyl (C=O) groups is 2. The van der Waals surface area contributed by atoms with Crippen LogP contribution in [0.4, 0.5) is 5.69 Å². The van der Waals surface area contributed by atoms with Crippen molar-refractivity contribution in [3.05, 3.63) is 99.1 Å². The molecule has 0 radical (unpaired) electrons. The highest BCUT2D eigenvalue weighted by atomic mass is 35.5. The Morgan fingerprint density at radius 3 is 2.43 bits per heavy atom. The third kappa shape index (κ3) is 6.95. The number of ether oxygens (including phenoxy) is 2. The molecule has 0 bridgehead atoms. The Bertz CT molecular complexity index is 1310. The minimum Gasteiger partial charge on any atom is -0.488 e. The average Bonchev–Trinajstić information content (AvgIpc) is 2.84. The number of anilines is 1. The van der Waals surface area contributed by atoms with Crippen LogP contribution in [0.25, 0.3) is 6.08 Å². The van der Waals surface area contributed by atoms with Crippen molar-refractivity contribution < 1.29 is 19.1 Å². The van der Waals surface area contributed by atoms with Crippen molar-refractivity contribution in [1.82, 2.24) is 0 Å². The van der Waals surface area contributed by atoms with Gasteiger partial charge >= 0.3 is 5.97 Å². The molecule has 1 amide bonds. The van der Waals surface area contributed by atoms with Gasteiger partial charge in [0, 0.05) is 16.3 Å². The number of hydrogen-bond acceptors (Lipinski definition) is 5. The maximum absolute atomic E-state index is 12.7. The molecule has 3 aromatic carbocycles. The Morgan fingerprint density at radius 1 is 1.03 bits per heavy atom. The normalized spacial score (nSPS) is 10.9. The summed E-state index contributed by atoms with van der Waals surface area (Å²) in [5, 5.41) is 12.7. The van der Waals surface area contributed by atoms with Crippen molar-refractivity contribution in [3.63, 3.8) is 0 Å². The Balaban J connectivity index is 1.77. The number of hydrogen-bond donors (Lipinski definition) is 1.